The predicted molar refractivity (Wildman–Crippen MR) is 143 cm³/mol. The molecule has 2 amide bonds. The average Bonchev–Trinajstić information content (AvgIpc) is 3.36. The third-order valence-electron chi connectivity index (χ3n) is 6.13. The van der Waals surface area contributed by atoms with Gasteiger partial charge in [-0.1, -0.05) is 24.3 Å². The molecule has 9 nitrogen and oxygen atoms in total. The number of carbonyl (C=O) groups excluding carboxylic acids is 1. The molecule has 0 saturated heterocycles. The van der Waals surface area contributed by atoms with Gasteiger partial charge in [0.1, 0.15) is 17.5 Å². The van der Waals surface area contributed by atoms with E-state index < -0.39 is 23.7 Å². The number of hydrogen-bond donors (Lipinski definition) is 3. The van der Waals surface area contributed by atoms with E-state index in [9.17, 15) is 27.2 Å². The molecule has 3 aromatic heterocycles. The third-order valence-corrected chi connectivity index (χ3v) is 6.13. The van der Waals surface area contributed by atoms with Gasteiger partial charge < -0.3 is 15.2 Å². The number of aromatic nitrogens is 4. The summed E-state index contributed by atoms with van der Waals surface area (Å²) in [5.74, 6) is -0.528. The number of anilines is 3. The fraction of sp³-hybridized carbons (Fsp3) is 0.111. The normalized spacial score (nSPS) is 11.4. The Morgan fingerprint density at radius 1 is 0.975 bits per heavy atom. The quantitative estimate of drug-likeness (QED) is 0.246. The second kappa shape index (κ2) is 10.2. The summed E-state index contributed by atoms with van der Waals surface area (Å²) in [5.41, 5.74) is -0.439. The van der Waals surface area contributed by atoms with E-state index in [4.69, 9.17) is 0 Å². The van der Waals surface area contributed by atoms with Crippen LogP contribution in [-0.4, -0.2) is 32.4 Å². The number of halogens is 4. The second-order valence-electron chi connectivity index (χ2n) is 8.73. The van der Waals surface area contributed by atoms with Crippen molar-refractivity contribution in [2.45, 2.75) is 6.18 Å². The van der Waals surface area contributed by atoms with E-state index in [0.717, 1.165) is 10.7 Å². The Kier molecular flexibility index (Phi) is 6.71. The monoisotopic (exact) mass is 551 g/mol. The summed E-state index contributed by atoms with van der Waals surface area (Å²) in [6.45, 7) is 0. The highest BCUT2D eigenvalue weighted by Crippen LogP contribution is 2.32. The van der Waals surface area contributed by atoms with Gasteiger partial charge >= 0.3 is 12.2 Å². The first-order valence-corrected chi connectivity index (χ1v) is 11.8. The molecule has 0 bridgehead atoms. The number of hydrogen-bond acceptors (Lipinski definition) is 5. The molecule has 0 radical (unpaired) electrons. The van der Waals surface area contributed by atoms with Gasteiger partial charge in [0.15, 0.2) is 5.69 Å². The van der Waals surface area contributed by atoms with Crippen LogP contribution in [0, 0.1) is 5.82 Å². The largest absolute Gasteiger partial charge is 0.435 e. The number of benzene rings is 2. The average molecular weight is 552 g/mol. The molecule has 0 unspecified atom stereocenters. The maximum absolute atomic E-state index is 14.7. The summed E-state index contributed by atoms with van der Waals surface area (Å²) in [6, 6.07) is 14.6. The number of alkyl halides is 3. The first kappa shape index (κ1) is 26.4. The molecule has 0 aliphatic heterocycles. The van der Waals surface area contributed by atoms with Gasteiger partial charge in [-0.2, -0.15) is 18.3 Å². The minimum atomic E-state index is -4.76. The van der Waals surface area contributed by atoms with Crippen LogP contribution >= 0.6 is 0 Å². The van der Waals surface area contributed by atoms with Crippen molar-refractivity contribution in [3.05, 3.63) is 94.8 Å². The molecule has 0 aliphatic carbocycles. The van der Waals surface area contributed by atoms with E-state index in [1.165, 1.54) is 28.8 Å². The van der Waals surface area contributed by atoms with Crippen LogP contribution < -0.4 is 21.5 Å². The van der Waals surface area contributed by atoms with E-state index in [0.29, 0.717) is 28.4 Å². The highest BCUT2D eigenvalue weighted by Gasteiger charge is 2.35. The van der Waals surface area contributed by atoms with Gasteiger partial charge in [-0.15, -0.1) is 0 Å². The molecule has 3 N–H and O–H groups in total. The van der Waals surface area contributed by atoms with E-state index in [2.05, 4.69) is 26.0 Å². The van der Waals surface area contributed by atoms with Gasteiger partial charge in [0.2, 0.25) is 0 Å². The Labute approximate surface area is 224 Å². The lowest BCUT2D eigenvalue weighted by molar-refractivity contribution is -0.141. The molecule has 204 valence electrons. The SMILES string of the molecule is CNc1cc2c(cn1)cc(-c1ccc(F)c(NC(=O)Nc3cc(C(F)(F)F)nn3-c3ccccc3)c1)c(=O)n2C. The number of pyridine rings is 2. The minimum Gasteiger partial charge on any atom is -0.373 e. The number of aryl methyl sites for hydroxylation is 1. The Balaban J connectivity index is 1.46. The molecule has 0 spiro atoms. The fourth-order valence-electron chi connectivity index (χ4n) is 4.14. The molecule has 0 aliphatic rings. The number of amides is 2. The van der Waals surface area contributed by atoms with Crippen LogP contribution in [0.25, 0.3) is 27.7 Å². The van der Waals surface area contributed by atoms with E-state index in [1.807, 2.05) is 0 Å². The van der Waals surface area contributed by atoms with Gasteiger partial charge in [-0.05, 0) is 35.9 Å². The molecule has 0 atom stereocenters. The maximum Gasteiger partial charge on any atom is 0.435 e. The van der Waals surface area contributed by atoms with Crippen molar-refractivity contribution < 1.29 is 22.4 Å². The van der Waals surface area contributed by atoms with Gasteiger partial charge in [-0.3, -0.25) is 10.1 Å². The Morgan fingerprint density at radius 2 is 1.73 bits per heavy atom. The summed E-state index contributed by atoms with van der Waals surface area (Å²) >= 11 is 0. The van der Waals surface area contributed by atoms with Crippen LogP contribution in [0.2, 0.25) is 0 Å². The second-order valence-corrected chi connectivity index (χ2v) is 8.73. The molecule has 5 rings (SSSR count). The lowest BCUT2D eigenvalue weighted by Crippen LogP contribution is -2.22. The zero-order valence-electron chi connectivity index (χ0n) is 21.0. The highest BCUT2D eigenvalue weighted by atomic mass is 19.4. The van der Waals surface area contributed by atoms with Crippen LogP contribution in [0.1, 0.15) is 5.69 Å². The van der Waals surface area contributed by atoms with Crippen molar-refractivity contribution >= 4 is 34.3 Å². The molecule has 2 aromatic carbocycles. The van der Waals surface area contributed by atoms with Crippen LogP contribution in [0.4, 0.5) is 39.7 Å². The van der Waals surface area contributed by atoms with E-state index in [-0.39, 0.29) is 28.3 Å². The molecule has 13 heteroatoms. The number of urea groups is 1. The molecule has 5 aromatic rings. The Hall–Kier alpha value is -5.20. The first-order valence-electron chi connectivity index (χ1n) is 11.8. The molecular weight excluding hydrogens is 530 g/mol. The van der Waals surface area contributed by atoms with Crippen molar-refractivity contribution in [3.8, 4) is 16.8 Å². The summed E-state index contributed by atoms with van der Waals surface area (Å²) in [4.78, 5) is 30.2. The molecular formula is C27H21F4N7O2. The number of fused-ring (bicyclic) bond motifs is 1. The zero-order valence-corrected chi connectivity index (χ0v) is 21.0. The Bertz CT molecular complexity index is 1800. The summed E-state index contributed by atoms with van der Waals surface area (Å²) < 4.78 is 57.1. The number of nitrogens with zero attached hydrogens (tertiary/aromatic N) is 4. The smallest absolute Gasteiger partial charge is 0.373 e. The summed E-state index contributed by atoms with van der Waals surface area (Å²) in [5, 5.41) is 11.7. The lowest BCUT2D eigenvalue weighted by Gasteiger charge is -2.13. The number of para-hydroxylation sites is 1. The van der Waals surface area contributed by atoms with Crippen molar-refractivity contribution in [2.75, 3.05) is 23.0 Å². The lowest BCUT2D eigenvalue weighted by atomic mass is 10.0. The minimum absolute atomic E-state index is 0.231. The van der Waals surface area contributed by atoms with Crippen LogP contribution in [-0.2, 0) is 13.2 Å². The van der Waals surface area contributed by atoms with Gasteiger partial charge in [0, 0.05) is 43.4 Å². The number of rotatable bonds is 5. The van der Waals surface area contributed by atoms with Gasteiger partial charge in [-0.25, -0.2) is 18.9 Å². The molecule has 40 heavy (non-hydrogen) atoms. The van der Waals surface area contributed by atoms with Gasteiger partial charge in [0.05, 0.1) is 16.9 Å². The van der Waals surface area contributed by atoms with E-state index in [1.54, 1.807) is 50.6 Å². The summed E-state index contributed by atoms with van der Waals surface area (Å²) in [6.07, 6.45) is -3.17. The predicted octanol–water partition coefficient (Wildman–Crippen LogP) is 5.63. The van der Waals surface area contributed by atoms with Crippen molar-refractivity contribution in [3.63, 3.8) is 0 Å². The van der Waals surface area contributed by atoms with E-state index >= 15 is 0 Å². The van der Waals surface area contributed by atoms with Crippen molar-refractivity contribution in [1.29, 1.82) is 0 Å². The van der Waals surface area contributed by atoms with Crippen molar-refractivity contribution in [1.82, 2.24) is 19.3 Å². The Morgan fingerprint density at radius 3 is 2.42 bits per heavy atom. The fourth-order valence-corrected chi connectivity index (χ4v) is 4.14. The molecule has 3 heterocycles. The topological polar surface area (TPSA) is 106 Å². The maximum atomic E-state index is 14.7. The number of carbonyl (C=O) groups is 1. The van der Waals surface area contributed by atoms with Crippen LogP contribution in [0.5, 0.6) is 0 Å². The molecule has 0 fully saturated rings. The summed E-state index contributed by atoms with van der Waals surface area (Å²) in [7, 11) is 3.30. The first-order chi connectivity index (χ1) is 19.0. The van der Waals surface area contributed by atoms with Crippen molar-refractivity contribution in [2.24, 2.45) is 7.05 Å². The highest BCUT2D eigenvalue weighted by molar-refractivity contribution is 6.00. The third kappa shape index (κ3) is 5.08. The molecule has 0 saturated carbocycles. The number of nitrogens with one attached hydrogen (secondary N) is 3. The standard InChI is InChI=1S/C27H21F4N7O2/c1-32-23-12-21-16(14-33-23)10-18(25(39)37(21)2)15-8-9-19(28)20(11-15)34-26(40)35-24-13-22(27(29,30)31)36-38(24)17-6-4-3-5-7-17/h3-14H,1-2H3,(H,32,33)(H2,34,35,40). The van der Waals surface area contributed by atoms with Crippen LogP contribution in [0.15, 0.2) is 77.7 Å². The zero-order chi connectivity index (χ0) is 28.6. The van der Waals surface area contributed by atoms with Gasteiger partial charge in [0.25, 0.3) is 5.56 Å². The van der Waals surface area contributed by atoms with Crippen LogP contribution in [0.3, 0.4) is 0 Å².